The molecule has 148 valence electrons. The molecule has 0 radical (unpaired) electrons. The maximum atomic E-state index is 10.4. The highest BCUT2D eigenvalue weighted by molar-refractivity contribution is 7.13. The van der Waals surface area contributed by atoms with Crippen LogP contribution >= 0.6 is 23.7 Å². The minimum absolute atomic E-state index is 0. The first-order valence-electron chi connectivity index (χ1n) is 9.01. The Morgan fingerprint density at radius 2 is 2.14 bits per heavy atom. The minimum Gasteiger partial charge on any atom is -0.397 e. The van der Waals surface area contributed by atoms with Crippen molar-refractivity contribution in [3.05, 3.63) is 42.2 Å². The molecule has 28 heavy (non-hydrogen) atoms. The van der Waals surface area contributed by atoms with Crippen molar-refractivity contribution in [2.45, 2.75) is 25.9 Å². The van der Waals surface area contributed by atoms with Gasteiger partial charge in [0.1, 0.15) is 10.7 Å². The Morgan fingerprint density at radius 3 is 2.75 bits per heavy atom. The Labute approximate surface area is 174 Å². The van der Waals surface area contributed by atoms with Crippen LogP contribution in [0, 0.1) is 5.92 Å². The van der Waals surface area contributed by atoms with Gasteiger partial charge in [0.15, 0.2) is 0 Å². The van der Waals surface area contributed by atoms with Crippen LogP contribution in [0.15, 0.2) is 42.2 Å². The number of nitrogens with two attached hydrogens (primary N) is 1. The summed E-state index contributed by atoms with van der Waals surface area (Å²) in [6.45, 7) is 5.33. The fourth-order valence-electron chi connectivity index (χ4n) is 3.58. The van der Waals surface area contributed by atoms with Gasteiger partial charge in [-0.3, -0.25) is 4.98 Å². The molecule has 4 rings (SSSR count). The predicted molar refractivity (Wildman–Crippen MR) is 117 cm³/mol. The molecule has 0 amide bonds. The van der Waals surface area contributed by atoms with Gasteiger partial charge >= 0.3 is 0 Å². The topological polar surface area (TPSA) is 88.2 Å². The number of rotatable bonds is 4. The number of aliphatic hydroxyl groups is 1. The van der Waals surface area contributed by atoms with Gasteiger partial charge in [-0.2, -0.15) is 0 Å². The summed E-state index contributed by atoms with van der Waals surface area (Å²) < 4.78 is 0. The summed E-state index contributed by atoms with van der Waals surface area (Å²) in [6, 6.07) is 5.76. The smallest absolute Gasteiger partial charge is 0.144 e. The molecule has 3 aromatic rings. The van der Waals surface area contributed by atoms with Crippen molar-refractivity contribution in [1.29, 1.82) is 0 Å². The fourth-order valence-corrected chi connectivity index (χ4v) is 4.21. The normalized spacial score (nSPS) is 16.8. The van der Waals surface area contributed by atoms with E-state index in [-0.39, 0.29) is 18.3 Å². The predicted octanol–water partition coefficient (Wildman–Crippen LogP) is 3.87. The first kappa shape index (κ1) is 20.5. The second-order valence-corrected chi connectivity index (χ2v) is 8.35. The van der Waals surface area contributed by atoms with Gasteiger partial charge in [-0.25, -0.2) is 9.97 Å². The van der Waals surface area contributed by atoms with Crippen LogP contribution in [0.2, 0.25) is 0 Å². The molecule has 8 heteroatoms. The van der Waals surface area contributed by atoms with Gasteiger partial charge in [0.05, 0.1) is 22.7 Å². The third-order valence-corrected chi connectivity index (χ3v) is 5.90. The van der Waals surface area contributed by atoms with E-state index in [9.17, 15) is 5.11 Å². The summed E-state index contributed by atoms with van der Waals surface area (Å²) in [5, 5.41) is 13.2. The summed E-state index contributed by atoms with van der Waals surface area (Å²) in [5.41, 5.74) is 9.87. The first-order valence-corrected chi connectivity index (χ1v) is 9.89. The largest absolute Gasteiger partial charge is 0.397 e. The number of aromatic nitrogens is 3. The third kappa shape index (κ3) is 3.97. The highest BCUT2D eigenvalue weighted by Gasteiger charge is 2.35. The lowest BCUT2D eigenvalue weighted by Crippen LogP contribution is -2.33. The number of anilines is 2. The zero-order valence-corrected chi connectivity index (χ0v) is 17.5. The summed E-state index contributed by atoms with van der Waals surface area (Å²) in [5.74, 6) is 0.194. The number of thiazole rings is 1. The number of halogens is 1. The molecule has 0 aliphatic carbocycles. The molecular formula is C20H24ClN5OS. The molecule has 0 bridgehead atoms. The Kier molecular flexibility index (Phi) is 5.88. The molecule has 3 aromatic heterocycles. The van der Waals surface area contributed by atoms with Crippen LogP contribution in [-0.2, 0) is 0 Å². The van der Waals surface area contributed by atoms with E-state index < -0.39 is 5.60 Å². The van der Waals surface area contributed by atoms with Gasteiger partial charge in [0, 0.05) is 48.5 Å². The van der Waals surface area contributed by atoms with Crippen molar-refractivity contribution >= 4 is 35.1 Å². The molecule has 1 aliphatic rings. The lowest BCUT2D eigenvalue weighted by Gasteiger charge is -2.27. The van der Waals surface area contributed by atoms with Crippen molar-refractivity contribution in [2.75, 3.05) is 23.7 Å². The van der Waals surface area contributed by atoms with Crippen molar-refractivity contribution < 1.29 is 5.11 Å². The Morgan fingerprint density at radius 1 is 1.32 bits per heavy atom. The summed E-state index contributed by atoms with van der Waals surface area (Å²) in [4.78, 5) is 15.8. The molecule has 1 saturated heterocycles. The standard InChI is InChI=1S/C20H23N5OS.ClH/c1-20(2,26)14-5-8-25(12-14)18-15(21)10-16(13-4-3-6-22-11-13)24-17(18)19-23-7-9-27-19;/h3-4,6-7,9-11,14,26H,5,8,12H2,1-2H3,(H2,21,24);1H. The highest BCUT2D eigenvalue weighted by Crippen LogP contribution is 2.41. The van der Waals surface area contributed by atoms with Gasteiger partial charge in [-0.15, -0.1) is 23.7 Å². The Bertz CT molecular complexity index is 928. The highest BCUT2D eigenvalue weighted by atomic mass is 35.5. The van der Waals surface area contributed by atoms with Gasteiger partial charge < -0.3 is 15.7 Å². The zero-order chi connectivity index (χ0) is 19.0. The molecule has 1 fully saturated rings. The number of pyridine rings is 2. The summed E-state index contributed by atoms with van der Waals surface area (Å²) >= 11 is 1.55. The van der Waals surface area contributed by atoms with E-state index in [1.54, 1.807) is 29.9 Å². The second kappa shape index (κ2) is 8.03. The maximum absolute atomic E-state index is 10.4. The van der Waals surface area contributed by atoms with E-state index in [4.69, 9.17) is 10.7 Å². The van der Waals surface area contributed by atoms with E-state index in [2.05, 4.69) is 14.9 Å². The van der Waals surface area contributed by atoms with Crippen LogP contribution in [0.3, 0.4) is 0 Å². The molecule has 0 spiro atoms. The van der Waals surface area contributed by atoms with Gasteiger partial charge in [0.2, 0.25) is 0 Å². The van der Waals surface area contributed by atoms with Crippen molar-refractivity contribution in [1.82, 2.24) is 15.0 Å². The number of nitrogen functional groups attached to an aromatic ring is 1. The average Bonchev–Trinajstić information content (AvgIpc) is 3.33. The minimum atomic E-state index is -0.714. The van der Waals surface area contributed by atoms with Crippen LogP contribution < -0.4 is 10.6 Å². The van der Waals surface area contributed by atoms with Crippen LogP contribution in [0.4, 0.5) is 11.4 Å². The summed E-state index contributed by atoms with van der Waals surface area (Å²) in [7, 11) is 0. The van der Waals surface area contributed by atoms with Gasteiger partial charge in [0.25, 0.3) is 0 Å². The number of hydrogen-bond acceptors (Lipinski definition) is 7. The lowest BCUT2D eigenvalue weighted by atomic mass is 9.90. The first-order chi connectivity index (χ1) is 12.9. The average molecular weight is 418 g/mol. The zero-order valence-electron chi connectivity index (χ0n) is 15.9. The Hall–Kier alpha value is -2.22. The molecule has 6 nitrogen and oxygen atoms in total. The molecule has 1 aliphatic heterocycles. The SMILES string of the molecule is CC(C)(O)C1CCN(c2c(N)cc(-c3cccnc3)nc2-c2nccs2)C1.Cl. The van der Waals surface area contributed by atoms with Crippen LogP contribution in [-0.4, -0.2) is 38.7 Å². The molecule has 1 atom stereocenters. The fraction of sp³-hybridized carbons (Fsp3) is 0.350. The number of hydrogen-bond donors (Lipinski definition) is 2. The van der Waals surface area contributed by atoms with Crippen molar-refractivity contribution in [2.24, 2.45) is 5.92 Å². The van der Waals surface area contributed by atoms with Crippen molar-refractivity contribution in [3.8, 4) is 22.0 Å². The van der Waals surface area contributed by atoms with E-state index in [0.29, 0.717) is 5.69 Å². The van der Waals surface area contributed by atoms with E-state index in [1.807, 2.05) is 37.4 Å². The van der Waals surface area contributed by atoms with Crippen LogP contribution in [0.5, 0.6) is 0 Å². The van der Waals surface area contributed by atoms with Crippen LogP contribution in [0.1, 0.15) is 20.3 Å². The lowest BCUT2D eigenvalue weighted by molar-refractivity contribution is 0.0263. The summed E-state index contributed by atoms with van der Waals surface area (Å²) in [6.07, 6.45) is 6.23. The van der Waals surface area contributed by atoms with Gasteiger partial charge in [-0.1, -0.05) is 0 Å². The monoisotopic (exact) mass is 417 g/mol. The van der Waals surface area contributed by atoms with E-state index >= 15 is 0 Å². The molecule has 0 aromatic carbocycles. The quantitative estimate of drug-likeness (QED) is 0.669. The maximum Gasteiger partial charge on any atom is 0.144 e. The second-order valence-electron chi connectivity index (χ2n) is 7.46. The third-order valence-electron chi connectivity index (χ3n) is 5.12. The molecule has 0 saturated carbocycles. The molecule has 4 heterocycles. The van der Waals surface area contributed by atoms with Crippen molar-refractivity contribution in [3.63, 3.8) is 0 Å². The molecule has 3 N–H and O–H groups in total. The molecular weight excluding hydrogens is 394 g/mol. The van der Waals surface area contributed by atoms with Gasteiger partial charge in [-0.05, 0) is 38.5 Å². The molecule has 1 unspecified atom stereocenters. The van der Waals surface area contributed by atoms with E-state index in [0.717, 1.165) is 47.2 Å². The van der Waals surface area contributed by atoms with Crippen LogP contribution in [0.25, 0.3) is 22.0 Å². The number of nitrogens with zero attached hydrogens (tertiary/aromatic N) is 4. The van der Waals surface area contributed by atoms with E-state index in [1.165, 1.54) is 0 Å². The Balaban J connectivity index is 0.00000225.